The third-order valence-corrected chi connectivity index (χ3v) is 6.47. The zero-order valence-corrected chi connectivity index (χ0v) is 20.1. The molecule has 9 heteroatoms. The summed E-state index contributed by atoms with van der Waals surface area (Å²) in [6.45, 7) is 1.97. The van der Waals surface area contributed by atoms with Crippen LogP contribution < -0.4 is 10.4 Å². The maximum atomic E-state index is 13.5. The number of rotatable bonds is 5. The first-order chi connectivity index (χ1) is 17.4. The Kier molecular flexibility index (Phi) is 6.14. The van der Waals surface area contributed by atoms with Crippen molar-refractivity contribution in [3.63, 3.8) is 0 Å². The Labute approximate surface area is 209 Å². The Morgan fingerprint density at radius 2 is 1.81 bits per heavy atom. The molecule has 0 N–H and O–H groups in total. The first-order valence-electron chi connectivity index (χ1n) is 10.9. The Morgan fingerprint density at radius 3 is 2.58 bits per heavy atom. The van der Waals surface area contributed by atoms with Gasteiger partial charge in [0.25, 0.3) is 5.91 Å². The average Bonchev–Trinajstić information content (AvgIpc) is 3.32. The number of ether oxygens (including phenoxy) is 1. The third kappa shape index (κ3) is 4.39. The van der Waals surface area contributed by atoms with E-state index in [0.717, 1.165) is 20.8 Å². The number of carbonyl (C=O) groups excluding carboxylic acids is 2. The number of nitrogens with zero attached hydrogens (tertiary/aromatic N) is 3. The monoisotopic (exact) mass is 497 g/mol. The van der Waals surface area contributed by atoms with Gasteiger partial charge in [-0.1, -0.05) is 29.5 Å². The van der Waals surface area contributed by atoms with E-state index >= 15 is 0 Å². The topological polar surface area (TPSA) is 102 Å². The van der Waals surface area contributed by atoms with Crippen LogP contribution in [0.1, 0.15) is 31.8 Å². The fourth-order valence-electron chi connectivity index (χ4n) is 3.59. The molecule has 178 valence electrons. The largest absolute Gasteiger partial charge is 0.465 e. The van der Waals surface area contributed by atoms with Crippen molar-refractivity contribution >= 4 is 55.7 Å². The van der Waals surface area contributed by atoms with E-state index in [1.807, 2.05) is 25.1 Å². The number of anilines is 1. The van der Waals surface area contributed by atoms with Gasteiger partial charge in [0, 0.05) is 5.56 Å². The van der Waals surface area contributed by atoms with Crippen LogP contribution in [0.25, 0.3) is 21.2 Å². The Hall–Kier alpha value is -4.63. The molecule has 0 fully saturated rings. The lowest BCUT2D eigenvalue weighted by atomic mass is 10.1. The predicted molar refractivity (Wildman–Crippen MR) is 139 cm³/mol. The van der Waals surface area contributed by atoms with Gasteiger partial charge in [0.2, 0.25) is 10.6 Å². The molecular weight excluding hydrogens is 478 g/mol. The van der Waals surface area contributed by atoms with Crippen molar-refractivity contribution in [2.75, 3.05) is 12.1 Å². The third-order valence-electron chi connectivity index (χ3n) is 5.48. The number of aromatic nitrogens is 1. The van der Waals surface area contributed by atoms with Crippen molar-refractivity contribution in [3.05, 3.63) is 105 Å². The van der Waals surface area contributed by atoms with Gasteiger partial charge in [-0.3, -0.25) is 9.59 Å². The molecule has 0 aliphatic carbocycles. The van der Waals surface area contributed by atoms with E-state index in [9.17, 15) is 14.4 Å². The molecule has 0 radical (unpaired) electrons. The average molecular weight is 498 g/mol. The van der Waals surface area contributed by atoms with Gasteiger partial charge < -0.3 is 9.15 Å². The molecule has 5 rings (SSSR count). The number of para-hydroxylation sites is 1. The molecule has 5 aromatic rings. The van der Waals surface area contributed by atoms with Gasteiger partial charge in [-0.05, 0) is 61.0 Å². The summed E-state index contributed by atoms with van der Waals surface area (Å²) in [4.78, 5) is 42.8. The maximum Gasteiger partial charge on any atom is 0.337 e. The molecule has 0 atom stereocenters. The van der Waals surface area contributed by atoms with Crippen LogP contribution >= 0.6 is 11.3 Å². The van der Waals surface area contributed by atoms with Gasteiger partial charge in [-0.2, -0.15) is 10.1 Å². The molecule has 0 spiro atoms. The van der Waals surface area contributed by atoms with Crippen LogP contribution in [0.3, 0.4) is 0 Å². The van der Waals surface area contributed by atoms with Crippen LogP contribution in [0, 0.1) is 6.92 Å². The number of hydrogen-bond acceptors (Lipinski definition) is 8. The number of benzene rings is 3. The summed E-state index contributed by atoms with van der Waals surface area (Å²) in [5.74, 6) is -0.989. The van der Waals surface area contributed by atoms with E-state index in [4.69, 9.17) is 9.15 Å². The minimum atomic E-state index is -0.506. The van der Waals surface area contributed by atoms with E-state index in [-0.39, 0.29) is 16.6 Å². The highest BCUT2D eigenvalue weighted by atomic mass is 32.1. The summed E-state index contributed by atoms with van der Waals surface area (Å²) in [6, 6.07) is 18.7. The lowest BCUT2D eigenvalue weighted by Crippen LogP contribution is -2.26. The minimum absolute atomic E-state index is 0.185. The molecule has 0 bridgehead atoms. The highest BCUT2D eigenvalue weighted by Crippen LogP contribution is 2.30. The van der Waals surface area contributed by atoms with Crippen molar-refractivity contribution in [2.45, 2.75) is 6.92 Å². The summed E-state index contributed by atoms with van der Waals surface area (Å²) < 4.78 is 11.2. The van der Waals surface area contributed by atoms with Gasteiger partial charge in [0.1, 0.15) is 11.8 Å². The Balaban J connectivity index is 1.57. The second-order valence-electron chi connectivity index (χ2n) is 7.91. The van der Waals surface area contributed by atoms with Gasteiger partial charge >= 0.3 is 5.97 Å². The summed E-state index contributed by atoms with van der Waals surface area (Å²) in [5, 5.41) is 6.24. The van der Waals surface area contributed by atoms with Gasteiger partial charge in [0.15, 0.2) is 0 Å². The van der Waals surface area contributed by atoms with Crippen LogP contribution in [-0.4, -0.2) is 30.2 Å². The SMILES string of the molecule is COC(=O)c1ccc(C(=O)N(/N=C/c2coc3ccccc3c2=O)c2nc3ccc(C)cc3s2)cc1. The first-order valence-corrected chi connectivity index (χ1v) is 11.7. The summed E-state index contributed by atoms with van der Waals surface area (Å²) in [5.41, 5.74) is 2.75. The number of amides is 1. The summed E-state index contributed by atoms with van der Waals surface area (Å²) in [6.07, 6.45) is 2.60. The number of hydrogen-bond donors (Lipinski definition) is 0. The van der Waals surface area contributed by atoms with Gasteiger partial charge in [-0.25, -0.2) is 9.78 Å². The number of hydrazone groups is 1. The van der Waals surface area contributed by atoms with Crippen LogP contribution in [0.4, 0.5) is 5.13 Å². The number of carbonyl (C=O) groups is 2. The number of aryl methyl sites for hydroxylation is 1. The molecule has 0 unspecified atom stereocenters. The van der Waals surface area contributed by atoms with Crippen LogP contribution in [0.5, 0.6) is 0 Å². The molecule has 2 heterocycles. The van der Waals surface area contributed by atoms with E-state index in [2.05, 4.69) is 10.1 Å². The van der Waals surface area contributed by atoms with E-state index < -0.39 is 11.9 Å². The molecule has 8 nitrogen and oxygen atoms in total. The van der Waals surface area contributed by atoms with Crippen molar-refractivity contribution in [3.8, 4) is 0 Å². The number of esters is 1. The van der Waals surface area contributed by atoms with Crippen LogP contribution in [-0.2, 0) is 4.74 Å². The van der Waals surface area contributed by atoms with Gasteiger partial charge in [0.05, 0.1) is 40.1 Å². The summed E-state index contributed by atoms with van der Waals surface area (Å²) in [7, 11) is 1.29. The Bertz CT molecular complexity index is 1700. The number of methoxy groups -OCH3 is 1. The van der Waals surface area contributed by atoms with Crippen LogP contribution in [0.2, 0.25) is 0 Å². The second kappa shape index (κ2) is 9.55. The molecule has 36 heavy (non-hydrogen) atoms. The maximum absolute atomic E-state index is 13.5. The van der Waals surface area contributed by atoms with E-state index in [0.29, 0.717) is 21.7 Å². The first kappa shape index (κ1) is 23.1. The normalized spacial score (nSPS) is 11.3. The quantitative estimate of drug-likeness (QED) is 0.188. The molecule has 0 aliphatic rings. The molecular formula is C27H19N3O5S. The minimum Gasteiger partial charge on any atom is -0.465 e. The van der Waals surface area contributed by atoms with Gasteiger partial charge in [-0.15, -0.1) is 0 Å². The second-order valence-corrected chi connectivity index (χ2v) is 8.92. The van der Waals surface area contributed by atoms with Crippen molar-refractivity contribution in [2.24, 2.45) is 5.10 Å². The molecule has 0 saturated carbocycles. The molecule has 0 aliphatic heterocycles. The summed E-state index contributed by atoms with van der Waals surface area (Å²) >= 11 is 1.30. The Morgan fingerprint density at radius 1 is 1.06 bits per heavy atom. The predicted octanol–water partition coefficient (Wildman–Crippen LogP) is 5.18. The fraction of sp³-hybridized carbons (Fsp3) is 0.0741. The number of fused-ring (bicyclic) bond motifs is 2. The van der Waals surface area contributed by atoms with E-state index in [1.54, 1.807) is 24.3 Å². The zero-order chi connectivity index (χ0) is 25.2. The fourth-order valence-corrected chi connectivity index (χ4v) is 4.61. The molecule has 2 aromatic heterocycles. The molecule has 1 amide bonds. The lowest BCUT2D eigenvalue weighted by Gasteiger charge is -2.14. The van der Waals surface area contributed by atoms with Crippen LogP contribution in [0.15, 0.2) is 87.3 Å². The van der Waals surface area contributed by atoms with Crippen molar-refractivity contribution in [1.82, 2.24) is 4.98 Å². The zero-order valence-electron chi connectivity index (χ0n) is 19.3. The van der Waals surface area contributed by atoms with E-state index in [1.165, 1.54) is 55.2 Å². The highest BCUT2D eigenvalue weighted by molar-refractivity contribution is 7.22. The smallest absolute Gasteiger partial charge is 0.337 e. The number of thiazole rings is 1. The molecule has 3 aromatic carbocycles. The van der Waals surface area contributed by atoms with Crippen molar-refractivity contribution in [1.29, 1.82) is 0 Å². The lowest BCUT2D eigenvalue weighted by molar-refractivity contribution is 0.0600. The molecule has 0 saturated heterocycles. The standard InChI is InChI=1S/C27H19N3O5S/c1-16-7-12-21-23(13-16)36-27(29-21)30(25(32)17-8-10-18(11-9-17)26(33)34-2)28-14-19-15-35-22-6-4-3-5-20(22)24(19)31/h3-15H,1-2H3/b28-14+. The highest BCUT2D eigenvalue weighted by Gasteiger charge is 2.22. The van der Waals surface area contributed by atoms with Crippen molar-refractivity contribution < 1.29 is 18.7 Å².